The van der Waals surface area contributed by atoms with Crippen molar-refractivity contribution in [1.29, 1.82) is 0 Å². The maximum absolute atomic E-state index is 11.1. The first-order valence-electron chi connectivity index (χ1n) is 6.69. The predicted molar refractivity (Wildman–Crippen MR) is 64.4 cm³/mol. The van der Waals surface area contributed by atoms with Crippen molar-refractivity contribution in [3.05, 3.63) is 0 Å². The Morgan fingerprint density at radius 3 is 2.82 bits per heavy atom. The van der Waals surface area contributed by atoms with E-state index in [2.05, 4.69) is 6.92 Å². The van der Waals surface area contributed by atoms with Gasteiger partial charge in [-0.15, -0.1) is 0 Å². The van der Waals surface area contributed by atoms with Crippen LogP contribution in [-0.2, 0) is 14.3 Å². The van der Waals surface area contributed by atoms with Gasteiger partial charge in [0.05, 0.1) is 0 Å². The Kier molecular flexibility index (Phi) is 3.55. The van der Waals surface area contributed by atoms with Gasteiger partial charge in [0.15, 0.2) is 0 Å². The molecule has 0 N–H and O–H groups in total. The van der Waals surface area contributed by atoms with Crippen molar-refractivity contribution in [3.8, 4) is 0 Å². The summed E-state index contributed by atoms with van der Waals surface area (Å²) in [6.07, 6.45) is 7.29. The van der Waals surface area contributed by atoms with Crippen LogP contribution in [0.4, 0.5) is 0 Å². The second-order valence-corrected chi connectivity index (χ2v) is 5.83. The average Bonchev–Trinajstić information content (AvgIpc) is 2.57. The normalized spacial score (nSPS) is 40.7. The first-order chi connectivity index (χ1) is 8.08. The number of esters is 1. The molecule has 2 fully saturated rings. The molecule has 17 heavy (non-hydrogen) atoms. The molecule has 0 aromatic heterocycles. The van der Waals surface area contributed by atoms with Crippen LogP contribution in [0.25, 0.3) is 0 Å². The van der Waals surface area contributed by atoms with Crippen LogP contribution in [0.15, 0.2) is 0 Å². The minimum Gasteiger partial charge on any atom is -0.462 e. The van der Waals surface area contributed by atoms with E-state index in [-0.39, 0.29) is 17.5 Å². The van der Waals surface area contributed by atoms with Crippen LogP contribution in [-0.4, -0.2) is 18.4 Å². The number of ether oxygens (including phenoxy) is 1. The summed E-state index contributed by atoms with van der Waals surface area (Å²) in [6.45, 7) is 3.78. The molecule has 4 atom stereocenters. The summed E-state index contributed by atoms with van der Waals surface area (Å²) in [5.41, 5.74) is 0.208. The van der Waals surface area contributed by atoms with E-state index in [1.54, 1.807) is 0 Å². The van der Waals surface area contributed by atoms with Crippen molar-refractivity contribution >= 4 is 12.3 Å². The summed E-state index contributed by atoms with van der Waals surface area (Å²) in [6, 6.07) is 0. The summed E-state index contributed by atoms with van der Waals surface area (Å²) >= 11 is 0. The molecule has 2 saturated carbocycles. The summed E-state index contributed by atoms with van der Waals surface area (Å²) in [5.74, 6) is 0.784. The van der Waals surface area contributed by atoms with E-state index in [1.807, 2.05) is 0 Å². The summed E-state index contributed by atoms with van der Waals surface area (Å²) in [4.78, 5) is 21.9. The quantitative estimate of drug-likeness (QED) is 0.561. The average molecular weight is 238 g/mol. The number of hydrogen-bond donors (Lipinski definition) is 0. The van der Waals surface area contributed by atoms with E-state index >= 15 is 0 Å². The van der Waals surface area contributed by atoms with Crippen molar-refractivity contribution in [3.63, 3.8) is 0 Å². The SMILES string of the molecule is CC(=O)O[C@H]1CCC[C@@]2(C)C1CC[C@@H]2CC=O. The Morgan fingerprint density at radius 2 is 2.18 bits per heavy atom. The Labute approximate surface area is 103 Å². The Bertz CT molecular complexity index is 313. The highest BCUT2D eigenvalue weighted by atomic mass is 16.5. The highest BCUT2D eigenvalue weighted by Gasteiger charge is 2.51. The van der Waals surface area contributed by atoms with E-state index in [0.717, 1.165) is 32.0 Å². The van der Waals surface area contributed by atoms with E-state index in [1.165, 1.54) is 13.3 Å². The van der Waals surface area contributed by atoms with Crippen LogP contribution in [0.3, 0.4) is 0 Å². The summed E-state index contributed by atoms with van der Waals surface area (Å²) < 4.78 is 5.47. The molecule has 1 unspecified atom stereocenters. The van der Waals surface area contributed by atoms with Gasteiger partial charge in [0.25, 0.3) is 0 Å². The summed E-state index contributed by atoms with van der Waals surface area (Å²) in [7, 11) is 0. The highest BCUT2D eigenvalue weighted by Crippen LogP contribution is 2.56. The van der Waals surface area contributed by atoms with Gasteiger partial charge >= 0.3 is 5.97 Å². The standard InChI is InChI=1S/C14H22O3/c1-10(16)17-13-4-3-8-14(2)11(7-9-15)5-6-12(13)14/h9,11-13H,3-8H2,1-2H3/t11-,12?,13+,14-/m1/s1. The van der Waals surface area contributed by atoms with Crippen LogP contribution in [0.2, 0.25) is 0 Å². The van der Waals surface area contributed by atoms with Gasteiger partial charge in [0, 0.05) is 19.3 Å². The molecule has 2 aliphatic rings. The molecule has 0 aromatic carbocycles. The lowest BCUT2D eigenvalue weighted by Crippen LogP contribution is -2.41. The fourth-order valence-corrected chi connectivity index (χ4v) is 4.09. The van der Waals surface area contributed by atoms with Gasteiger partial charge in [-0.05, 0) is 43.4 Å². The maximum atomic E-state index is 11.1. The zero-order chi connectivity index (χ0) is 12.5. The summed E-state index contributed by atoms with van der Waals surface area (Å²) in [5, 5.41) is 0. The number of carbonyl (C=O) groups is 2. The lowest BCUT2D eigenvalue weighted by molar-refractivity contribution is -0.155. The monoisotopic (exact) mass is 238 g/mol. The Hall–Kier alpha value is -0.860. The van der Waals surface area contributed by atoms with Crippen LogP contribution in [0.5, 0.6) is 0 Å². The predicted octanol–water partition coefficient (Wildman–Crippen LogP) is 2.72. The van der Waals surface area contributed by atoms with Gasteiger partial charge in [-0.25, -0.2) is 0 Å². The molecule has 3 heteroatoms. The fourth-order valence-electron chi connectivity index (χ4n) is 4.09. The topological polar surface area (TPSA) is 43.4 Å². The smallest absolute Gasteiger partial charge is 0.302 e. The molecule has 2 aliphatic carbocycles. The van der Waals surface area contributed by atoms with E-state index in [9.17, 15) is 9.59 Å². The number of carbonyl (C=O) groups excluding carboxylic acids is 2. The molecule has 0 spiro atoms. The maximum Gasteiger partial charge on any atom is 0.302 e. The number of aldehydes is 1. The van der Waals surface area contributed by atoms with Gasteiger partial charge in [-0.3, -0.25) is 4.79 Å². The third-order valence-electron chi connectivity index (χ3n) is 4.96. The molecule has 0 heterocycles. The van der Waals surface area contributed by atoms with Gasteiger partial charge in [-0.1, -0.05) is 6.92 Å². The molecule has 0 aliphatic heterocycles. The minimum absolute atomic E-state index is 0.0860. The third kappa shape index (κ3) is 2.24. The second-order valence-electron chi connectivity index (χ2n) is 5.83. The van der Waals surface area contributed by atoms with Crippen LogP contribution >= 0.6 is 0 Å². The molecule has 2 rings (SSSR count). The van der Waals surface area contributed by atoms with Crippen molar-refractivity contribution in [1.82, 2.24) is 0 Å². The molecule has 0 aromatic rings. The molecule has 96 valence electrons. The van der Waals surface area contributed by atoms with Gasteiger partial charge in [-0.2, -0.15) is 0 Å². The highest BCUT2D eigenvalue weighted by molar-refractivity contribution is 5.66. The lowest BCUT2D eigenvalue weighted by atomic mass is 9.64. The van der Waals surface area contributed by atoms with Crippen LogP contribution < -0.4 is 0 Å². The van der Waals surface area contributed by atoms with E-state index in [0.29, 0.717) is 18.3 Å². The third-order valence-corrected chi connectivity index (χ3v) is 4.96. The molecular formula is C14H22O3. The van der Waals surface area contributed by atoms with Crippen molar-refractivity contribution in [2.75, 3.05) is 0 Å². The zero-order valence-electron chi connectivity index (χ0n) is 10.8. The van der Waals surface area contributed by atoms with E-state index in [4.69, 9.17) is 4.74 Å². The van der Waals surface area contributed by atoms with Gasteiger partial charge < -0.3 is 9.53 Å². The van der Waals surface area contributed by atoms with Gasteiger partial charge in [0.1, 0.15) is 12.4 Å². The van der Waals surface area contributed by atoms with Crippen LogP contribution in [0.1, 0.15) is 52.4 Å². The first-order valence-corrected chi connectivity index (χ1v) is 6.69. The number of rotatable bonds is 3. The Morgan fingerprint density at radius 1 is 1.41 bits per heavy atom. The molecule has 3 nitrogen and oxygen atoms in total. The van der Waals surface area contributed by atoms with Crippen molar-refractivity contribution in [2.45, 2.75) is 58.5 Å². The molecule has 0 bridgehead atoms. The number of hydrogen-bond acceptors (Lipinski definition) is 3. The first kappa shape index (κ1) is 12.6. The van der Waals surface area contributed by atoms with Crippen LogP contribution in [0, 0.1) is 17.3 Å². The largest absolute Gasteiger partial charge is 0.462 e. The molecule has 0 radical (unpaired) electrons. The van der Waals surface area contributed by atoms with E-state index < -0.39 is 0 Å². The molecular weight excluding hydrogens is 216 g/mol. The van der Waals surface area contributed by atoms with Crippen molar-refractivity contribution in [2.24, 2.45) is 17.3 Å². The molecule has 0 amide bonds. The molecule has 0 saturated heterocycles. The van der Waals surface area contributed by atoms with Crippen molar-refractivity contribution < 1.29 is 14.3 Å². The second kappa shape index (κ2) is 4.79. The zero-order valence-corrected chi connectivity index (χ0v) is 10.8. The van der Waals surface area contributed by atoms with Gasteiger partial charge in [0.2, 0.25) is 0 Å². The minimum atomic E-state index is -0.168. The number of fused-ring (bicyclic) bond motifs is 1. The lowest BCUT2D eigenvalue weighted by Gasteiger charge is -2.44. The fraction of sp³-hybridized carbons (Fsp3) is 0.857. The Balaban J connectivity index is 2.12.